The Morgan fingerprint density at radius 2 is 2.10 bits per heavy atom. The fraction of sp³-hybridized carbons (Fsp3) is 0.273. The summed E-state index contributed by atoms with van der Waals surface area (Å²) in [6.07, 6.45) is 6.06. The molecule has 3 heterocycles. The number of imidazole rings is 1. The van der Waals surface area contributed by atoms with Crippen LogP contribution in [0.2, 0.25) is 0 Å². The number of methoxy groups -OCH3 is 1. The van der Waals surface area contributed by atoms with Crippen molar-refractivity contribution >= 4 is 12.0 Å². The fourth-order valence-corrected chi connectivity index (χ4v) is 3.79. The van der Waals surface area contributed by atoms with Gasteiger partial charge in [0, 0.05) is 37.5 Å². The highest BCUT2D eigenvalue weighted by Crippen LogP contribution is 2.32. The minimum atomic E-state index is -0.792. The molecule has 0 unspecified atom stereocenters. The number of benzene rings is 1. The summed E-state index contributed by atoms with van der Waals surface area (Å²) in [5.41, 5.74) is 3.59. The second kappa shape index (κ2) is 8.77. The van der Waals surface area contributed by atoms with Crippen molar-refractivity contribution in [3.05, 3.63) is 83.7 Å². The number of hydrogen-bond donors (Lipinski definition) is 2. The molecule has 1 aromatic carbocycles. The van der Waals surface area contributed by atoms with Crippen molar-refractivity contribution in [3.63, 3.8) is 0 Å². The number of carbonyl (C=O) groups is 2. The molecule has 0 saturated carbocycles. The molecule has 3 aromatic rings. The number of aromatic amines is 1. The van der Waals surface area contributed by atoms with Crippen molar-refractivity contribution in [2.45, 2.75) is 24.9 Å². The number of ether oxygens (including phenoxy) is 1. The zero-order valence-corrected chi connectivity index (χ0v) is 16.6. The van der Waals surface area contributed by atoms with Gasteiger partial charge in [-0.25, -0.2) is 14.6 Å². The van der Waals surface area contributed by atoms with Crippen molar-refractivity contribution in [2.24, 2.45) is 0 Å². The summed E-state index contributed by atoms with van der Waals surface area (Å²) in [4.78, 5) is 39.1. The molecule has 2 N–H and O–H groups in total. The van der Waals surface area contributed by atoms with Gasteiger partial charge in [0.25, 0.3) is 0 Å². The van der Waals surface area contributed by atoms with Gasteiger partial charge in [-0.15, -0.1) is 0 Å². The van der Waals surface area contributed by atoms with E-state index in [1.165, 1.54) is 7.11 Å². The molecule has 1 aliphatic rings. The topological polar surface area (TPSA) is 100 Å². The van der Waals surface area contributed by atoms with Gasteiger partial charge in [-0.2, -0.15) is 0 Å². The van der Waals surface area contributed by atoms with Gasteiger partial charge >= 0.3 is 12.0 Å². The third-order valence-corrected chi connectivity index (χ3v) is 5.25. The number of amides is 2. The first-order valence-corrected chi connectivity index (χ1v) is 9.78. The van der Waals surface area contributed by atoms with Crippen LogP contribution in [0.1, 0.15) is 28.6 Å². The Hall–Kier alpha value is -3.68. The number of hydrogen-bond acceptors (Lipinski definition) is 5. The lowest BCUT2D eigenvalue weighted by atomic mass is 9.97. The summed E-state index contributed by atoms with van der Waals surface area (Å²) in [7, 11) is 1.32. The molecular formula is C22H23N5O3. The number of esters is 1. The highest BCUT2D eigenvalue weighted by Gasteiger charge is 2.35. The number of rotatable bonds is 5. The Labute approximate surface area is 174 Å². The standard InChI is InChI=1S/C22H23N5O3/c1-30-21(28)18(12-15-6-3-2-4-7-15)26-22(29)27-11-9-17-19(25-14-24-17)20(27)16-8-5-10-23-13-16/h2-8,10,13-14,18,20H,9,11-12H2,1H3,(H,24,25)(H,26,29)/t18-,20+/m0/s1. The van der Waals surface area contributed by atoms with Crippen molar-refractivity contribution < 1.29 is 14.3 Å². The normalized spacial score (nSPS) is 16.4. The monoisotopic (exact) mass is 405 g/mol. The van der Waals surface area contributed by atoms with Crippen molar-refractivity contribution in [1.29, 1.82) is 0 Å². The van der Waals surface area contributed by atoms with Gasteiger partial charge < -0.3 is 19.9 Å². The van der Waals surface area contributed by atoms with E-state index in [1.54, 1.807) is 23.6 Å². The first kappa shape index (κ1) is 19.6. The number of aromatic nitrogens is 3. The number of carbonyl (C=O) groups excluding carboxylic acids is 2. The van der Waals surface area contributed by atoms with Crippen LogP contribution in [0.15, 0.2) is 61.2 Å². The van der Waals surface area contributed by atoms with E-state index in [-0.39, 0.29) is 12.1 Å². The van der Waals surface area contributed by atoms with Crippen LogP contribution in [0.4, 0.5) is 4.79 Å². The molecular weight excluding hydrogens is 382 g/mol. The lowest BCUT2D eigenvalue weighted by molar-refractivity contribution is -0.142. The van der Waals surface area contributed by atoms with Gasteiger partial charge in [0.2, 0.25) is 0 Å². The van der Waals surface area contributed by atoms with Gasteiger partial charge in [-0.3, -0.25) is 4.98 Å². The number of nitrogens with one attached hydrogen (secondary N) is 2. The van der Waals surface area contributed by atoms with E-state index in [9.17, 15) is 9.59 Å². The summed E-state index contributed by atoms with van der Waals surface area (Å²) in [6.45, 7) is 0.486. The summed E-state index contributed by atoms with van der Waals surface area (Å²) < 4.78 is 4.93. The molecule has 0 saturated heterocycles. The van der Waals surface area contributed by atoms with E-state index in [4.69, 9.17) is 4.74 Å². The highest BCUT2D eigenvalue weighted by atomic mass is 16.5. The van der Waals surface area contributed by atoms with Gasteiger partial charge in [-0.05, 0) is 17.2 Å². The first-order chi connectivity index (χ1) is 14.7. The average molecular weight is 405 g/mol. The second-order valence-corrected chi connectivity index (χ2v) is 7.11. The van der Waals surface area contributed by atoms with Crippen molar-refractivity contribution in [2.75, 3.05) is 13.7 Å². The Kier molecular flexibility index (Phi) is 5.74. The predicted molar refractivity (Wildman–Crippen MR) is 110 cm³/mol. The van der Waals surface area contributed by atoms with Crippen molar-refractivity contribution in [3.8, 4) is 0 Å². The van der Waals surface area contributed by atoms with Crippen LogP contribution < -0.4 is 5.32 Å². The third kappa shape index (κ3) is 4.03. The van der Waals surface area contributed by atoms with E-state index in [2.05, 4.69) is 20.3 Å². The number of nitrogens with zero attached hydrogens (tertiary/aromatic N) is 3. The number of pyridine rings is 1. The summed E-state index contributed by atoms with van der Waals surface area (Å²) in [5, 5.41) is 2.86. The smallest absolute Gasteiger partial charge is 0.328 e. The minimum absolute atomic E-state index is 0.344. The quantitative estimate of drug-likeness (QED) is 0.634. The van der Waals surface area contributed by atoms with Crippen LogP contribution in [-0.4, -0.2) is 51.5 Å². The maximum absolute atomic E-state index is 13.3. The van der Waals surface area contributed by atoms with Gasteiger partial charge in [0.1, 0.15) is 12.1 Å². The molecule has 1 aliphatic heterocycles. The zero-order chi connectivity index (χ0) is 20.9. The summed E-state index contributed by atoms with van der Waals surface area (Å²) in [6, 6.07) is 11.8. The molecule has 0 radical (unpaired) electrons. The maximum Gasteiger partial charge on any atom is 0.328 e. The van der Waals surface area contributed by atoms with Crippen molar-refractivity contribution in [1.82, 2.24) is 25.2 Å². The van der Waals surface area contributed by atoms with Gasteiger partial charge in [0.15, 0.2) is 0 Å². The van der Waals surface area contributed by atoms with Crippen LogP contribution in [0.3, 0.4) is 0 Å². The van der Waals surface area contributed by atoms with Crippen LogP contribution >= 0.6 is 0 Å². The molecule has 154 valence electrons. The molecule has 0 fully saturated rings. The summed E-state index contributed by atoms with van der Waals surface area (Å²) >= 11 is 0. The lowest BCUT2D eigenvalue weighted by Gasteiger charge is -2.35. The molecule has 8 heteroatoms. The van der Waals surface area contributed by atoms with Crippen LogP contribution in [0.5, 0.6) is 0 Å². The SMILES string of the molecule is COC(=O)[C@H](Cc1ccccc1)NC(=O)N1CCc2[nH]cnc2[C@H]1c1cccnc1. The molecule has 2 amide bonds. The van der Waals surface area contributed by atoms with Gasteiger partial charge in [0.05, 0.1) is 19.1 Å². The number of H-pyrrole nitrogens is 1. The van der Waals surface area contributed by atoms with Gasteiger partial charge in [-0.1, -0.05) is 36.4 Å². The van der Waals surface area contributed by atoms with E-state index in [1.807, 2.05) is 42.5 Å². The molecule has 0 aliphatic carbocycles. The molecule has 0 spiro atoms. The van der Waals surface area contributed by atoms with E-state index in [0.717, 1.165) is 22.5 Å². The number of fused-ring (bicyclic) bond motifs is 1. The molecule has 0 bridgehead atoms. The second-order valence-electron chi connectivity index (χ2n) is 7.11. The number of urea groups is 1. The molecule has 2 aromatic heterocycles. The molecule has 30 heavy (non-hydrogen) atoms. The largest absolute Gasteiger partial charge is 0.467 e. The Balaban J connectivity index is 1.59. The fourth-order valence-electron chi connectivity index (χ4n) is 3.79. The third-order valence-electron chi connectivity index (χ3n) is 5.25. The molecule has 8 nitrogen and oxygen atoms in total. The maximum atomic E-state index is 13.3. The predicted octanol–water partition coefficient (Wildman–Crippen LogP) is 2.25. The Morgan fingerprint density at radius 1 is 1.27 bits per heavy atom. The van der Waals surface area contributed by atoms with Crippen LogP contribution in [0, 0.1) is 0 Å². The van der Waals surface area contributed by atoms with E-state index >= 15 is 0 Å². The van der Waals surface area contributed by atoms with E-state index in [0.29, 0.717) is 19.4 Å². The van der Waals surface area contributed by atoms with Crippen LogP contribution in [-0.2, 0) is 22.4 Å². The highest BCUT2D eigenvalue weighted by molar-refractivity contribution is 5.84. The zero-order valence-electron chi connectivity index (χ0n) is 16.6. The Bertz CT molecular complexity index is 1010. The summed E-state index contributed by atoms with van der Waals surface area (Å²) in [5.74, 6) is -0.484. The molecule has 4 rings (SSSR count). The van der Waals surface area contributed by atoms with E-state index < -0.39 is 12.0 Å². The van der Waals surface area contributed by atoms with Crippen LogP contribution in [0.25, 0.3) is 0 Å². The molecule has 2 atom stereocenters. The minimum Gasteiger partial charge on any atom is -0.467 e. The first-order valence-electron chi connectivity index (χ1n) is 9.78. The average Bonchev–Trinajstić information content (AvgIpc) is 3.27. The lowest BCUT2D eigenvalue weighted by Crippen LogP contribution is -2.52. The Morgan fingerprint density at radius 3 is 2.83 bits per heavy atom.